The second-order valence-corrected chi connectivity index (χ2v) is 15.1. The number of hydrogen-bond donors (Lipinski definition) is 0. The second-order valence-electron chi connectivity index (χ2n) is 13.3. The first-order valence-electron chi connectivity index (χ1n) is 17.6. The second kappa shape index (κ2) is 19.4. The minimum absolute atomic E-state index is 0.647. The van der Waals surface area contributed by atoms with Crippen LogP contribution >= 0.6 is 31.9 Å². The first-order chi connectivity index (χ1) is 21.1. The molecule has 2 saturated carbocycles. The third-order valence-corrected chi connectivity index (χ3v) is 11.3. The summed E-state index contributed by atoms with van der Waals surface area (Å²) in [5.74, 6) is 3.15. The topological polar surface area (TPSA) is 9.23 Å². The van der Waals surface area contributed by atoms with Gasteiger partial charge in [0.1, 0.15) is 0 Å². The van der Waals surface area contributed by atoms with Crippen molar-refractivity contribution < 1.29 is 4.74 Å². The molecule has 0 spiro atoms. The van der Waals surface area contributed by atoms with Gasteiger partial charge in [0, 0.05) is 8.95 Å². The van der Waals surface area contributed by atoms with Crippen LogP contribution in [0.15, 0.2) is 69.6 Å². The molecule has 0 aromatic heterocycles. The summed E-state index contributed by atoms with van der Waals surface area (Å²) in [5, 5.41) is 0. The summed E-state index contributed by atoms with van der Waals surface area (Å²) >= 11 is 7.27. The molecule has 43 heavy (non-hydrogen) atoms. The van der Waals surface area contributed by atoms with Crippen LogP contribution in [-0.4, -0.2) is 13.2 Å². The van der Waals surface area contributed by atoms with Crippen molar-refractivity contribution in [3.8, 4) is 0 Å². The molecule has 0 bridgehead atoms. The van der Waals surface area contributed by atoms with Gasteiger partial charge in [0.15, 0.2) is 0 Å². The Morgan fingerprint density at radius 3 is 1.30 bits per heavy atom. The van der Waals surface area contributed by atoms with E-state index in [4.69, 9.17) is 4.74 Å². The molecule has 2 fully saturated rings. The van der Waals surface area contributed by atoms with Crippen LogP contribution < -0.4 is 0 Å². The Morgan fingerprint density at radius 1 is 0.581 bits per heavy atom. The lowest BCUT2D eigenvalue weighted by atomic mass is 9.75. The van der Waals surface area contributed by atoms with E-state index in [9.17, 15) is 0 Å². The van der Waals surface area contributed by atoms with Crippen molar-refractivity contribution in [3.63, 3.8) is 0 Å². The Labute approximate surface area is 280 Å². The standard InChI is InChI=1S/C40H56Br2O/c1-3-5-7-9-31-11-15-33(16-12-31)39(35-19-23-37(41)24-20-35)27-29-43-30-28-40(36-21-25-38(42)26-22-36)34-17-13-32(14-18-34)10-8-6-4-2/h19-28,31-34H,3-18,29-30H2,1-2H3. The summed E-state index contributed by atoms with van der Waals surface area (Å²) in [4.78, 5) is 0. The van der Waals surface area contributed by atoms with E-state index in [0.717, 1.165) is 20.8 Å². The van der Waals surface area contributed by atoms with Crippen LogP contribution in [0.2, 0.25) is 0 Å². The molecule has 0 saturated heterocycles. The zero-order valence-corrected chi connectivity index (χ0v) is 30.1. The number of allylic oxidation sites excluding steroid dienone is 2. The molecule has 0 unspecified atom stereocenters. The molecule has 1 nitrogen and oxygen atoms in total. The predicted octanol–water partition coefficient (Wildman–Crippen LogP) is 13.5. The minimum Gasteiger partial charge on any atom is -0.373 e. The van der Waals surface area contributed by atoms with E-state index >= 15 is 0 Å². The van der Waals surface area contributed by atoms with Crippen LogP contribution in [0, 0.1) is 23.7 Å². The third kappa shape index (κ3) is 11.6. The zero-order valence-electron chi connectivity index (χ0n) is 27.0. The van der Waals surface area contributed by atoms with E-state index in [1.54, 1.807) is 0 Å². The molecule has 0 radical (unpaired) electrons. The maximum atomic E-state index is 6.37. The predicted molar refractivity (Wildman–Crippen MR) is 194 cm³/mol. The Bertz CT molecular complexity index is 1010. The first kappa shape index (κ1) is 34.7. The van der Waals surface area contributed by atoms with E-state index in [-0.39, 0.29) is 0 Å². The van der Waals surface area contributed by atoms with Gasteiger partial charge in [-0.05, 0) is 122 Å². The molecule has 2 aromatic carbocycles. The highest BCUT2D eigenvalue weighted by Gasteiger charge is 2.25. The van der Waals surface area contributed by atoms with E-state index < -0.39 is 0 Å². The molecule has 2 aliphatic carbocycles. The number of ether oxygens (including phenoxy) is 1. The average molecular weight is 713 g/mol. The average Bonchev–Trinajstić information content (AvgIpc) is 3.03. The third-order valence-electron chi connectivity index (χ3n) is 10.2. The number of unbranched alkanes of at least 4 members (excludes halogenated alkanes) is 4. The molecule has 0 N–H and O–H groups in total. The fourth-order valence-electron chi connectivity index (χ4n) is 7.58. The van der Waals surface area contributed by atoms with Crippen LogP contribution in [0.3, 0.4) is 0 Å². The Kier molecular flexibility index (Phi) is 15.6. The fourth-order valence-corrected chi connectivity index (χ4v) is 8.11. The van der Waals surface area contributed by atoms with Gasteiger partial charge in [-0.3, -0.25) is 0 Å². The van der Waals surface area contributed by atoms with Gasteiger partial charge in [-0.1, -0.05) is 133 Å². The molecular formula is C40H56Br2O. The van der Waals surface area contributed by atoms with Crippen LogP contribution in [0.4, 0.5) is 0 Å². The SMILES string of the molecule is CCCCCC1CCC(C(=CCOCC=C(c2ccc(Br)cc2)C2CCC(CCCCC)CC2)c2ccc(Br)cc2)CC1. The van der Waals surface area contributed by atoms with Crippen molar-refractivity contribution in [2.75, 3.05) is 13.2 Å². The van der Waals surface area contributed by atoms with E-state index in [0.29, 0.717) is 25.0 Å². The number of rotatable bonds is 16. The Hall–Kier alpha value is -1.16. The minimum atomic E-state index is 0.647. The summed E-state index contributed by atoms with van der Waals surface area (Å²) in [6, 6.07) is 17.9. The Balaban J connectivity index is 1.38. The lowest BCUT2D eigenvalue weighted by molar-refractivity contribution is 0.193. The van der Waals surface area contributed by atoms with Crippen LogP contribution in [-0.2, 0) is 4.74 Å². The number of hydrogen-bond acceptors (Lipinski definition) is 1. The molecule has 2 aromatic rings. The molecule has 0 atom stereocenters. The van der Waals surface area contributed by atoms with E-state index in [1.165, 1.54) is 125 Å². The lowest BCUT2D eigenvalue weighted by Crippen LogP contribution is -2.17. The molecular weight excluding hydrogens is 656 g/mol. The quantitative estimate of drug-likeness (QED) is 0.158. The largest absolute Gasteiger partial charge is 0.373 e. The summed E-state index contributed by atoms with van der Waals surface area (Å²) in [6.07, 6.45) is 26.7. The van der Waals surface area contributed by atoms with Crippen molar-refractivity contribution >= 4 is 43.0 Å². The molecule has 0 aliphatic heterocycles. The molecule has 0 heterocycles. The monoisotopic (exact) mass is 710 g/mol. The van der Waals surface area contributed by atoms with Crippen LogP contribution in [0.5, 0.6) is 0 Å². The van der Waals surface area contributed by atoms with Crippen molar-refractivity contribution in [2.45, 2.75) is 117 Å². The van der Waals surface area contributed by atoms with Gasteiger partial charge < -0.3 is 4.74 Å². The van der Waals surface area contributed by atoms with E-state index in [1.807, 2.05) is 0 Å². The summed E-state index contributed by atoms with van der Waals surface area (Å²) in [7, 11) is 0. The smallest absolute Gasteiger partial charge is 0.0657 e. The molecule has 4 rings (SSSR count). The maximum Gasteiger partial charge on any atom is 0.0657 e. The lowest BCUT2D eigenvalue weighted by Gasteiger charge is -2.31. The highest BCUT2D eigenvalue weighted by atomic mass is 79.9. The van der Waals surface area contributed by atoms with Crippen LogP contribution in [0.1, 0.15) is 128 Å². The van der Waals surface area contributed by atoms with Gasteiger partial charge in [-0.15, -0.1) is 0 Å². The summed E-state index contributed by atoms with van der Waals surface area (Å²) in [6.45, 7) is 5.98. The fraction of sp³-hybridized carbons (Fsp3) is 0.600. The number of halogens is 2. The van der Waals surface area contributed by atoms with Gasteiger partial charge in [0.25, 0.3) is 0 Å². The van der Waals surface area contributed by atoms with Crippen molar-refractivity contribution in [3.05, 3.63) is 80.8 Å². The molecule has 3 heteroatoms. The highest BCUT2D eigenvalue weighted by molar-refractivity contribution is 9.10. The number of benzene rings is 2. The molecule has 0 amide bonds. The summed E-state index contributed by atoms with van der Waals surface area (Å²) < 4.78 is 8.66. The van der Waals surface area contributed by atoms with Gasteiger partial charge >= 0.3 is 0 Å². The van der Waals surface area contributed by atoms with E-state index in [2.05, 4.69) is 106 Å². The summed E-state index contributed by atoms with van der Waals surface area (Å²) in [5.41, 5.74) is 5.72. The molecule has 236 valence electrons. The normalized spacial score (nSPS) is 23.4. The zero-order chi connectivity index (χ0) is 30.3. The van der Waals surface area contributed by atoms with Crippen molar-refractivity contribution in [2.24, 2.45) is 23.7 Å². The van der Waals surface area contributed by atoms with Crippen LogP contribution in [0.25, 0.3) is 11.1 Å². The van der Waals surface area contributed by atoms with Crippen molar-refractivity contribution in [1.29, 1.82) is 0 Å². The highest BCUT2D eigenvalue weighted by Crippen LogP contribution is 2.41. The van der Waals surface area contributed by atoms with Crippen molar-refractivity contribution in [1.82, 2.24) is 0 Å². The van der Waals surface area contributed by atoms with Gasteiger partial charge in [-0.25, -0.2) is 0 Å². The molecule has 2 aliphatic rings. The maximum absolute atomic E-state index is 6.37. The van der Waals surface area contributed by atoms with Gasteiger partial charge in [-0.2, -0.15) is 0 Å². The Morgan fingerprint density at radius 2 is 0.953 bits per heavy atom. The van der Waals surface area contributed by atoms with Gasteiger partial charge in [0.2, 0.25) is 0 Å². The van der Waals surface area contributed by atoms with Gasteiger partial charge in [0.05, 0.1) is 13.2 Å². The first-order valence-corrected chi connectivity index (χ1v) is 19.2.